The van der Waals surface area contributed by atoms with Crippen LogP contribution in [0.15, 0.2) is 0 Å². The van der Waals surface area contributed by atoms with E-state index in [1.165, 1.54) is 0 Å². The highest BCUT2D eigenvalue weighted by Crippen LogP contribution is 2.41. The Kier molecular flexibility index (Phi) is 7.22. The quantitative estimate of drug-likeness (QED) is 0.665. The van der Waals surface area contributed by atoms with Crippen LogP contribution in [0.1, 0.15) is 59.3 Å². The van der Waals surface area contributed by atoms with Crippen LogP contribution in [0, 0.1) is 0 Å². The first kappa shape index (κ1) is 20.6. The zero-order valence-electron chi connectivity index (χ0n) is 15.5. The van der Waals surface area contributed by atoms with E-state index >= 15 is 0 Å². The second-order valence-electron chi connectivity index (χ2n) is 7.89. The first-order chi connectivity index (χ1) is 11.7. The Labute approximate surface area is 149 Å². The van der Waals surface area contributed by atoms with Crippen molar-refractivity contribution >= 4 is 5.97 Å². The predicted molar refractivity (Wildman–Crippen MR) is 89.9 cm³/mol. The molecule has 0 amide bonds. The second-order valence-corrected chi connectivity index (χ2v) is 7.89. The van der Waals surface area contributed by atoms with Gasteiger partial charge in [0.2, 0.25) is 0 Å². The van der Waals surface area contributed by atoms with E-state index in [-0.39, 0.29) is 26.2 Å². The van der Waals surface area contributed by atoms with Crippen molar-refractivity contribution < 1.29 is 34.0 Å². The maximum atomic E-state index is 11.7. The highest BCUT2D eigenvalue weighted by Gasteiger charge is 2.50. The highest BCUT2D eigenvalue weighted by molar-refractivity contribution is 5.71. The number of aliphatic hydroxyl groups is 2. The maximum Gasteiger partial charge on any atom is 0.332 e. The van der Waals surface area contributed by atoms with Crippen molar-refractivity contribution in [3.05, 3.63) is 0 Å². The smallest absolute Gasteiger partial charge is 0.332 e. The predicted octanol–water partition coefficient (Wildman–Crippen LogP) is 1.53. The summed E-state index contributed by atoms with van der Waals surface area (Å²) >= 11 is 0. The van der Waals surface area contributed by atoms with Gasteiger partial charge in [0.05, 0.1) is 12.7 Å². The third kappa shape index (κ3) is 6.18. The minimum absolute atomic E-state index is 0.125. The van der Waals surface area contributed by atoms with Crippen LogP contribution >= 0.6 is 0 Å². The molecular weight excluding hydrogens is 328 g/mol. The lowest BCUT2D eigenvalue weighted by atomic mass is 9.94. The van der Waals surface area contributed by atoms with Gasteiger partial charge in [-0.15, -0.1) is 0 Å². The molecule has 1 heterocycles. The maximum absolute atomic E-state index is 11.7. The van der Waals surface area contributed by atoms with Gasteiger partial charge in [0.25, 0.3) is 0 Å². The van der Waals surface area contributed by atoms with Gasteiger partial charge < -0.3 is 29.2 Å². The van der Waals surface area contributed by atoms with Crippen LogP contribution < -0.4 is 0 Å². The molecule has 7 nitrogen and oxygen atoms in total. The fourth-order valence-electron chi connectivity index (χ4n) is 3.40. The second kappa shape index (κ2) is 8.77. The third-order valence-corrected chi connectivity index (χ3v) is 4.42. The Morgan fingerprint density at radius 2 is 1.92 bits per heavy atom. The lowest BCUT2D eigenvalue weighted by Crippen LogP contribution is -2.39. The number of carbonyl (C=O) groups is 1. The molecule has 1 aliphatic carbocycles. The van der Waals surface area contributed by atoms with E-state index < -0.39 is 35.7 Å². The average Bonchev–Trinajstić information content (AvgIpc) is 2.85. The fourth-order valence-corrected chi connectivity index (χ4v) is 3.40. The molecule has 1 aliphatic heterocycles. The van der Waals surface area contributed by atoms with Crippen LogP contribution in [0.2, 0.25) is 0 Å². The molecule has 0 radical (unpaired) electrons. The standard InChI is InChI=1S/C18H32O7/c1-17(2,3)24-15(21)12-22-11-14-16(13(20)7-10-19)25-18(23-14)8-5-4-6-9-18/h13-14,16,19-20H,4-12H2,1-3H3. The number of aliphatic hydroxyl groups excluding tert-OH is 2. The minimum Gasteiger partial charge on any atom is -0.458 e. The number of hydrogen-bond acceptors (Lipinski definition) is 7. The summed E-state index contributed by atoms with van der Waals surface area (Å²) in [5, 5.41) is 19.4. The van der Waals surface area contributed by atoms with Gasteiger partial charge in [-0.25, -0.2) is 4.79 Å². The zero-order chi connectivity index (χ0) is 18.5. The third-order valence-electron chi connectivity index (χ3n) is 4.42. The Bertz CT molecular complexity index is 426. The van der Waals surface area contributed by atoms with Crippen LogP contribution in [0.4, 0.5) is 0 Å². The number of rotatable bonds is 7. The fraction of sp³-hybridized carbons (Fsp3) is 0.944. The van der Waals surface area contributed by atoms with Gasteiger partial charge in [-0.2, -0.15) is 0 Å². The van der Waals surface area contributed by atoms with Crippen molar-refractivity contribution in [3.63, 3.8) is 0 Å². The van der Waals surface area contributed by atoms with E-state index in [2.05, 4.69) is 0 Å². The van der Waals surface area contributed by atoms with Crippen molar-refractivity contribution in [3.8, 4) is 0 Å². The number of ether oxygens (including phenoxy) is 4. The van der Waals surface area contributed by atoms with E-state index in [4.69, 9.17) is 24.1 Å². The summed E-state index contributed by atoms with van der Waals surface area (Å²) in [6, 6.07) is 0. The molecule has 1 saturated heterocycles. The highest BCUT2D eigenvalue weighted by atomic mass is 16.8. The molecule has 3 atom stereocenters. The van der Waals surface area contributed by atoms with Gasteiger partial charge in [0.15, 0.2) is 5.79 Å². The summed E-state index contributed by atoms with van der Waals surface area (Å²) in [6.45, 7) is 5.23. The van der Waals surface area contributed by atoms with Gasteiger partial charge in [0.1, 0.15) is 24.4 Å². The molecule has 2 fully saturated rings. The average molecular weight is 360 g/mol. The van der Waals surface area contributed by atoms with Crippen molar-refractivity contribution in [2.24, 2.45) is 0 Å². The summed E-state index contributed by atoms with van der Waals surface area (Å²) in [7, 11) is 0. The van der Waals surface area contributed by atoms with E-state index in [1.807, 2.05) is 0 Å². The Balaban J connectivity index is 1.89. The summed E-state index contributed by atoms with van der Waals surface area (Å²) in [5.74, 6) is -1.11. The van der Waals surface area contributed by atoms with Crippen molar-refractivity contribution in [2.75, 3.05) is 19.8 Å². The van der Waals surface area contributed by atoms with E-state index in [9.17, 15) is 9.90 Å². The van der Waals surface area contributed by atoms with Crippen LogP contribution in [0.3, 0.4) is 0 Å². The zero-order valence-corrected chi connectivity index (χ0v) is 15.5. The van der Waals surface area contributed by atoms with Crippen LogP contribution in [0.5, 0.6) is 0 Å². The molecule has 7 heteroatoms. The van der Waals surface area contributed by atoms with Crippen molar-refractivity contribution in [1.29, 1.82) is 0 Å². The van der Waals surface area contributed by atoms with Crippen molar-refractivity contribution in [2.45, 2.75) is 89.0 Å². The Morgan fingerprint density at radius 3 is 2.52 bits per heavy atom. The van der Waals surface area contributed by atoms with Gasteiger partial charge >= 0.3 is 5.97 Å². The Morgan fingerprint density at radius 1 is 1.24 bits per heavy atom. The number of hydrogen-bond donors (Lipinski definition) is 2. The lowest BCUT2D eigenvalue weighted by Gasteiger charge is -2.32. The van der Waals surface area contributed by atoms with Gasteiger partial charge in [-0.1, -0.05) is 6.42 Å². The van der Waals surface area contributed by atoms with E-state index in [0.717, 1.165) is 32.1 Å². The number of esters is 1. The van der Waals surface area contributed by atoms with Crippen LogP contribution in [-0.2, 0) is 23.7 Å². The molecule has 0 aromatic carbocycles. The molecule has 25 heavy (non-hydrogen) atoms. The molecule has 2 N–H and O–H groups in total. The molecule has 1 spiro atoms. The first-order valence-electron chi connectivity index (χ1n) is 9.19. The van der Waals surface area contributed by atoms with Crippen LogP contribution in [-0.4, -0.2) is 65.7 Å². The molecular formula is C18H32O7. The summed E-state index contributed by atoms with van der Waals surface area (Å²) < 4.78 is 22.9. The van der Waals surface area contributed by atoms with Gasteiger partial charge in [-0.3, -0.25) is 0 Å². The Hall–Kier alpha value is -0.730. The van der Waals surface area contributed by atoms with E-state index in [0.29, 0.717) is 0 Å². The monoisotopic (exact) mass is 360 g/mol. The topological polar surface area (TPSA) is 94.5 Å². The summed E-state index contributed by atoms with van der Waals surface area (Å²) in [6.07, 6.45) is 3.12. The molecule has 2 aliphatic rings. The summed E-state index contributed by atoms with van der Waals surface area (Å²) in [4.78, 5) is 11.7. The van der Waals surface area contributed by atoms with E-state index in [1.54, 1.807) is 20.8 Å². The molecule has 0 aromatic rings. The SMILES string of the molecule is CC(C)(C)OC(=O)COCC1OC2(CCCCC2)OC1C(O)CCO. The van der Waals surface area contributed by atoms with Crippen molar-refractivity contribution in [1.82, 2.24) is 0 Å². The molecule has 2 rings (SSSR count). The number of carbonyl (C=O) groups excluding carboxylic acids is 1. The summed E-state index contributed by atoms with van der Waals surface area (Å²) in [5.41, 5.74) is -0.556. The largest absolute Gasteiger partial charge is 0.458 e. The van der Waals surface area contributed by atoms with Gasteiger partial charge in [-0.05, 0) is 40.0 Å². The molecule has 0 bridgehead atoms. The molecule has 1 saturated carbocycles. The molecule has 146 valence electrons. The minimum atomic E-state index is -0.832. The van der Waals surface area contributed by atoms with Gasteiger partial charge in [0, 0.05) is 19.4 Å². The molecule has 3 unspecified atom stereocenters. The first-order valence-corrected chi connectivity index (χ1v) is 9.19. The van der Waals surface area contributed by atoms with Crippen LogP contribution in [0.25, 0.3) is 0 Å². The normalized spacial score (nSPS) is 27.4. The molecule has 0 aromatic heterocycles. The lowest BCUT2D eigenvalue weighted by molar-refractivity contribution is -0.203.